The number of hydrogen-bond donors (Lipinski definition) is 2. The van der Waals surface area contributed by atoms with Crippen molar-refractivity contribution in [2.75, 3.05) is 13.2 Å². The van der Waals surface area contributed by atoms with E-state index in [2.05, 4.69) is 0 Å². The first-order valence-corrected chi connectivity index (χ1v) is 9.64. The molecule has 7 heteroatoms. The fraction of sp³-hybridized carbons (Fsp3) is 0.294. The van der Waals surface area contributed by atoms with Crippen LogP contribution in [0.15, 0.2) is 53.4 Å². The summed E-state index contributed by atoms with van der Waals surface area (Å²) in [5, 5.41) is 19.6. The number of rotatable bonds is 5. The summed E-state index contributed by atoms with van der Waals surface area (Å²) in [6.45, 7) is -0.865. The first-order chi connectivity index (χ1) is 11.4. The van der Waals surface area contributed by atoms with E-state index in [-0.39, 0.29) is 4.90 Å². The normalized spacial score (nSPS) is 22.3. The molecule has 0 bridgehead atoms. The number of hydrogen-bond acceptors (Lipinski definition) is 4. The Kier molecular flexibility index (Phi) is 4.66. The average Bonchev–Trinajstić information content (AvgIpc) is 3.26. The summed E-state index contributed by atoms with van der Waals surface area (Å²) in [6.07, 6.45) is 0. The summed E-state index contributed by atoms with van der Waals surface area (Å²) in [4.78, 5) is 0.118. The van der Waals surface area contributed by atoms with E-state index < -0.39 is 39.6 Å². The summed E-state index contributed by atoms with van der Waals surface area (Å²) in [5.74, 6) is -0.521. The molecule has 24 heavy (non-hydrogen) atoms. The van der Waals surface area contributed by atoms with Gasteiger partial charge in [-0.15, -0.1) is 0 Å². The van der Waals surface area contributed by atoms with Crippen molar-refractivity contribution >= 4 is 33.0 Å². The Labute approximate surface area is 150 Å². The predicted octanol–water partition coefficient (Wildman–Crippen LogP) is 2.90. The smallest absolute Gasteiger partial charge is 0.182 e. The lowest BCUT2D eigenvalue weighted by Crippen LogP contribution is -2.23. The zero-order valence-electron chi connectivity index (χ0n) is 12.6. The third-order valence-electron chi connectivity index (χ3n) is 4.65. The van der Waals surface area contributed by atoms with Gasteiger partial charge in [0.15, 0.2) is 9.84 Å². The quantitative estimate of drug-likeness (QED) is 0.828. The van der Waals surface area contributed by atoms with Gasteiger partial charge in [-0.05, 0) is 42.0 Å². The van der Waals surface area contributed by atoms with Crippen molar-refractivity contribution in [3.8, 4) is 0 Å². The second kappa shape index (κ2) is 6.32. The van der Waals surface area contributed by atoms with Crippen molar-refractivity contribution in [3.05, 3.63) is 64.1 Å². The molecule has 0 spiro atoms. The minimum atomic E-state index is -3.75. The molecule has 0 saturated heterocycles. The van der Waals surface area contributed by atoms with E-state index in [1.54, 1.807) is 24.3 Å². The Morgan fingerprint density at radius 3 is 2.12 bits per heavy atom. The van der Waals surface area contributed by atoms with Crippen LogP contribution in [0.4, 0.5) is 0 Å². The molecule has 1 saturated carbocycles. The Bertz CT molecular complexity index is 845. The van der Waals surface area contributed by atoms with Gasteiger partial charge in [-0.2, -0.15) is 0 Å². The molecule has 128 valence electrons. The van der Waals surface area contributed by atoms with Crippen LogP contribution in [-0.4, -0.2) is 37.1 Å². The molecule has 0 aromatic heterocycles. The zero-order valence-corrected chi connectivity index (χ0v) is 14.9. The van der Waals surface area contributed by atoms with E-state index in [9.17, 15) is 18.6 Å². The van der Waals surface area contributed by atoms with E-state index >= 15 is 0 Å². The Morgan fingerprint density at radius 2 is 1.58 bits per heavy atom. The van der Waals surface area contributed by atoms with Crippen molar-refractivity contribution in [2.24, 2.45) is 5.41 Å². The van der Waals surface area contributed by atoms with Crippen molar-refractivity contribution in [3.63, 3.8) is 0 Å². The van der Waals surface area contributed by atoms with Gasteiger partial charge in [0, 0.05) is 21.4 Å². The van der Waals surface area contributed by atoms with Crippen LogP contribution in [0.1, 0.15) is 11.5 Å². The second-order valence-corrected chi connectivity index (χ2v) is 8.94. The molecule has 1 fully saturated rings. The molecule has 1 aliphatic rings. The topological polar surface area (TPSA) is 74.6 Å². The van der Waals surface area contributed by atoms with Crippen molar-refractivity contribution in [2.45, 2.75) is 16.1 Å². The number of halogens is 2. The van der Waals surface area contributed by atoms with Crippen LogP contribution >= 0.6 is 23.2 Å². The van der Waals surface area contributed by atoms with Gasteiger partial charge in [0.1, 0.15) is 0 Å². The molecule has 4 nitrogen and oxygen atoms in total. The molecule has 0 aliphatic heterocycles. The first-order valence-electron chi connectivity index (χ1n) is 7.33. The molecule has 2 atom stereocenters. The van der Waals surface area contributed by atoms with E-state index in [1.807, 2.05) is 0 Å². The molecule has 0 heterocycles. The molecule has 0 amide bonds. The standard InChI is InChI=1S/C17H16Cl2O4S/c18-12-4-6-14(7-5-12)24(22,23)16-15(17(16,9-20)10-21)11-2-1-3-13(19)8-11/h1-8,15-16,20-21H,9-10H2/t15-,16+/m0/s1. The highest BCUT2D eigenvalue weighted by molar-refractivity contribution is 7.92. The van der Waals surface area contributed by atoms with Gasteiger partial charge in [0.25, 0.3) is 0 Å². The van der Waals surface area contributed by atoms with Crippen LogP contribution in [0.3, 0.4) is 0 Å². The molecule has 0 unspecified atom stereocenters. The van der Waals surface area contributed by atoms with Crippen molar-refractivity contribution in [1.82, 2.24) is 0 Å². The lowest BCUT2D eigenvalue weighted by Gasteiger charge is -2.11. The minimum absolute atomic E-state index is 0.118. The lowest BCUT2D eigenvalue weighted by atomic mass is 10.0. The highest BCUT2D eigenvalue weighted by Crippen LogP contribution is 2.63. The van der Waals surface area contributed by atoms with Crippen LogP contribution in [0, 0.1) is 5.41 Å². The predicted molar refractivity (Wildman–Crippen MR) is 93.2 cm³/mol. The summed E-state index contributed by atoms with van der Waals surface area (Å²) in [6, 6.07) is 12.7. The minimum Gasteiger partial charge on any atom is -0.396 e. The molecule has 0 radical (unpaired) electrons. The monoisotopic (exact) mass is 386 g/mol. The maximum atomic E-state index is 13.0. The summed E-state index contributed by atoms with van der Waals surface area (Å²) in [7, 11) is -3.75. The molecule has 1 aliphatic carbocycles. The van der Waals surface area contributed by atoms with Crippen LogP contribution in [0.2, 0.25) is 10.0 Å². The summed E-state index contributed by atoms with van der Waals surface area (Å²) in [5.41, 5.74) is -0.434. The van der Waals surface area contributed by atoms with E-state index in [1.165, 1.54) is 24.3 Å². The maximum Gasteiger partial charge on any atom is 0.182 e. The van der Waals surface area contributed by atoms with Crippen molar-refractivity contribution < 1.29 is 18.6 Å². The van der Waals surface area contributed by atoms with Gasteiger partial charge >= 0.3 is 0 Å². The molecule has 2 aromatic carbocycles. The van der Waals surface area contributed by atoms with Crippen LogP contribution in [-0.2, 0) is 9.84 Å². The fourth-order valence-corrected chi connectivity index (χ4v) is 6.10. The van der Waals surface area contributed by atoms with Gasteiger partial charge in [0.05, 0.1) is 23.4 Å². The molecular weight excluding hydrogens is 371 g/mol. The van der Waals surface area contributed by atoms with Crippen LogP contribution in [0.5, 0.6) is 0 Å². The average molecular weight is 387 g/mol. The zero-order chi connectivity index (χ0) is 17.5. The van der Waals surface area contributed by atoms with Gasteiger partial charge < -0.3 is 10.2 Å². The van der Waals surface area contributed by atoms with Gasteiger partial charge in [-0.3, -0.25) is 0 Å². The SMILES string of the molecule is O=S(=O)(c1ccc(Cl)cc1)[C@@H]1[C@H](c2cccc(Cl)c2)C1(CO)CO. The highest BCUT2D eigenvalue weighted by atomic mass is 35.5. The van der Waals surface area contributed by atoms with Crippen LogP contribution in [0.25, 0.3) is 0 Å². The fourth-order valence-electron chi connectivity index (χ4n) is 3.35. The number of aliphatic hydroxyl groups is 2. The number of benzene rings is 2. The second-order valence-electron chi connectivity index (χ2n) is 6.00. The van der Waals surface area contributed by atoms with Gasteiger partial charge in [0.2, 0.25) is 0 Å². The molecule has 2 aromatic rings. The van der Waals surface area contributed by atoms with Gasteiger partial charge in [-0.1, -0.05) is 35.3 Å². The molecular formula is C17H16Cl2O4S. The van der Waals surface area contributed by atoms with Crippen LogP contribution < -0.4 is 0 Å². The third-order valence-corrected chi connectivity index (χ3v) is 7.48. The van der Waals surface area contributed by atoms with Crippen molar-refractivity contribution in [1.29, 1.82) is 0 Å². The third kappa shape index (κ3) is 2.74. The summed E-state index contributed by atoms with van der Waals surface area (Å²) >= 11 is 11.8. The lowest BCUT2D eigenvalue weighted by molar-refractivity contribution is 0.130. The Hall–Kier alpha value is -1.11. The van der Waals surface area contributed by atoms with E-state index in [4.69, 9.17) is 23.2 Å². The largest absolute Gasteiger partial charge is 0.396 e. The van der Waals surface area contributed by atoms with E-state index in [0.29, 0.717) is 15.6 Å². The maximum absolute atomic E-state index is 13.0. The molecule has 2 N–H and O–H groups in total. The number of aliphatic hydroxyl groups excluding tert-OH is 2. The first kappa shape index (κ1) is 17.7. The Balaban J connectivity index is 2.06. The summed E-state index contributed by atoms with van der Waals surface area (Å²) < 4.78 is 26.0. The number of sulfone groups is 1. The highest BCUT2D eigenvalue weighted by Gasteiger charge is 2.70. The van der Waals surface area contributed by atoms with Gasteiger partial charge in [-0.25, -0.2) is 8.42 Å². The molecule has 3 rings (SSSR count). The Morgan fingerprint density at radius 1 is 0.958 bits per heavy atom. The van der Waals surface area contributed by atoms with E-state index in [0.717, 1.165) is 0 Å².